The van der Waals surface area contributed by atoms with Gasteiger partial charge in [-0.15, -0.1) is 0 Å². The molecule has 0 rings (SSSR count). The molecule has 2 N–H and O–H groups in total. The fraction of sp³-hybridized carbons (Fsp3) is 0.923. The second-order valence-electron chi connectivity index (χ2n) is 6.65. The third kappa shape index (κ3) is 9.24. The molecule has 0 aliphatic rings. The Morgan fingerprint density at radius 3 is 2.17 bits per heavy atom. The summed E-state index contributed by atoms with van der Waals surface area (Å²) in [6.45, 7) is 12.2. The lowest BCUT2D eigenvalue weighted by Gasteiger charge is -2.27. The number of likely N-dealkylation sites (N-methyl/N-ethyl adjacent to an activating group) is 1. The van der Waals surface area contributed by atoms with Crippen LogP contribution in [0.15, 0.2) is 0 Å². The molecule has 0 aromatic carbocycles. The molecule has 0 saturated carbocycles. The lowest BCUT2D eigenvalue weighted by atomic mass is 10.1. The highest BCUT2D eigenvalue weighted by molar-refractivity contribution is 5.67. The number of nitrogens with one attached hydrogen (secondary N) is 1. The largest absolute Gasteiger partial charge is 0.444 e. The average molecular weight is 260 g/mol. The van der Waals surface area contributed by atoms with Gasteiger partial charge in [-0.2, -0.15) is 0 Å². The molecular weight excluding hydrogens is 232 g/mol. The lowest BCUT2D eigenvalue weighted by Crippen LogP contribution is -2.45. The first-order valence-electron chi connectivity index (χ1n) is 6.28. The van der Waals surface area contributed by atoms with Gasteiger partial charge in [0, 0.05) is 19.1 Å². The molecule has 18 heavy (non-hydrogen) atoms. The Hall–Kier alpha value is -0.810. The van der Waals surface area contributed by atoms with Crippen molar-refractivity contribution in [3.05, 3.63) is 0 Å². The molecule has 0 bridgehead atoms. The monoisotopic (exact) mass is 260 g/mol. The first-order valence-corrected chi connectivity index (χ1v) is 6.28. The Kier molecular flexibility index (Phi) is 6.10. The van der Waals surface area contributed by atoms with E-state index in [4.69, 9.17) is 4.74 Å². The summed E-state index contributed by atoms with van der Waals surface area (Å²) in [4.78, 5) is 13.1. The zero-order valence-electron chi connectivity index (χ0n) is 12.7. The van der Waals surface area contributed by atoms with E-state index < -0.39 is 17.8 Å². The predicted octanol–water partition coefficient (Wildman–Crippen LogP) is 1.60. The van der Waals surface area contributed by atoms with E-state index in [2.05, 4.69) is 5.32 Å². The normalized spacial score (nSPS) is 14.2. The van der Waals surface area contributed by atoms with Crippen molar-refractivity contribution in [2.24, 2.45) is 0 Å². The Morgan fingerprint density at radius 1 is 1.28 bits per heavy atom. The van der Waals surface area contributed by atoms with Crippen molar-refractivity contribution < 1.29 is 14.6 Å². The molecule has 1 unspecified atom stereocenters. The zero-order valence-corrected chi connectivity index (χ0v) is 12.7. The van der Waals surface area contributed by atoms with Gasteiger partial charge in [0.25, 0.3) is 0 Å². The number of rotatable bonds is 4. The van der Waals surface area contributed by atoms with Crippen LogP contribution in [0.4, 0.5) is 4.79 Å². The SMILES string of the molecule is CN(CC(O)CNC(C)(C)C)C(=O)OC(C)(C)C. The number of hydrogen-bond donors (Lipinski definition) is 2. The topological polar surface area (TPSA) is 61.8 Å². The molecule has 0 fully saturated rings. The Bertz CT molecular complexity index is 266. The van der Waals surface area contributed by atoms with Gasteiger partial charge < -0.3 is 20.1 Å². The van der Waals surface area contributed by atoms with Crippen LogP contribution in [-0.2, 0) is 4.74 Å². The minimum Gasteiger partial charge on any atom is -0.444 e. The van der Waals surface area contributed by atoms with Gasteiger partial charge in [-0.05, 0) is 41.5 Å². The number of hydrogen-bond acceptors (Lipinski definition) is 4. The molecule has 5 nitrogen and oxygen atoms in total. The summed E-state index contributed by atoms with van der Waals surface area (Å²) in [6.07, 6.45) is -1.03. The second kappa shape index (κ2) is 6.38. The van der Waals surface area contributed by atoms with E-state index in [1.54, 1.807) is 7.05 Å². The number of β-amino-alcohol motifs (C(OH)–C–C–N with tert-alkyl or cyclic N) is 1. The molecule has 0 heterocycles. The minimum absolute atomic E-state index is 0.0501. The third-order valence-corrected chi connectivity index (χ3v) is 2.06. The van der Waals surface area contributed by atoms with Gasteiger partial charge in [-0.3, -0.25) is 0 Å². The van der Waals surface area contributed by atoms with Crippen molar-refractivity contribution in [2.45, 2.75) is 58.8 Å². The molecule has 1 atom stereocenters. The summed E-state index contributed by atoms with van der Waals surface area (Å²) >= 11 is 0. The number of aliphatic hydroxyl groups is 1. The number of amides is 1. The van der Waals surface area contributed by atoms with E-state index >= 15 is 0 Å². The van der Waals surface area contributed by atoms with E-state index in [-0.39, 0.29) is 12.1 Å². The summed E-state index contributed by atoms with van der Waals surface area (Å²) in [5.74, 6) is 0. The predicted molar refractivity (Wildman–Crippen MR) is 72.6 cm³/mol. The highest BCUT2D eigenvalue weighted by Gasteiger charge is 2.21. The number of carbonyl (C=O) groups is 1. The van der Waals surface area contributed by atoms with Crippen LogP contribution in [0.5, 0.6) is 0 Å². The van der Waals surface area contributed by atoms with Crippen LogP contribution in [0.25, 0.3) is 0 Å². The first-order chi connectivity index (χ1) is 7.91. The molecule has 0 saturated heterocycles. The minimum atomic E-state index is -0.609. The van der Waals surface area contributed by atoms with Crippen molar-refractivity contribution in [3.63, 3.8) is 0 Å². The first kappa shape index (κ1) is 17.2. The van der Waals surface area contributed by atoms with Crippen molar-refractivity contribution >= 4 is 6.09 Å². The van der Waals surface area contributed by atoms with Gasteiger partial charge in [0.05, 0.1) is 12.6 Å². The van der Waals surface area contributed by atoms with Crippen LogP contribution >= 0.6 is 0 Å². The highest BCUT2D eigenvalue weighted by Crippen LogP contribution is 2.09. The number of carbonyl (C=O) groups excluding carboxylic acids is 1. The molecule has 108 valence electrons. The van der Waals surface area contributed by atoms with E-state index in [1.165, 1.54) is 4.90 Å². The molecule has 0 aliphatic heterocycles. The summed E-state index contributed by atoms with van der Waals surface area (Å²) in [6, 6.07) is 0. The van der Waals surface area contributed by atoms with E-state index in [1.807, 2.05) is 41.5 Å². The van der Waals surface area contributed by atoms with Crippen molar-refractivity contribution in [1.29, 1.82) is 0 Å². The van der Waals surface area contributed by atoms with Crippen LogP contribution in [0.3, 0.4) is 0 Å². The van der Waals surface area contributed by atoms with E-state index in [0.29, 0.717) is 6.54 Å². The molecule has 0 aromatic rings. The highest BCUT2D eigenvalue weighted by atomic mass is 16.6. The fourth-order valence-corrected chi connectivity index (χ4v) is 1.22. The third-order valence-electron chi connectivity index (χ3n) is 2.06. The standard InChI is InChI=1S/C13H28N2O3/c1-12(2,3)14-8-10(16)9-15(7)11(17)18-13(4,5)6/h10,14,16H,8-9H2,1-7H3. The maximum atomic E-state index is 11.7. The maximum Gasteiger partial charge on any atom is 0.410 e. The van der Waals surface area contributed by atoms with Gasteiger partial charge in [0.15, 0.2) is 0 Å². The van der Waals surface area contributed by atoms with Gasteiger partial charge in [-0.25, -0.2) is 4.79 Å². The van der Waals surface area contributed by atoms with Gasteiger partial charge >= 0.3 is 6.09 Å². The van der Waals surface area contributed by atoms with E-state index in [9.17, 15) is 9.90 Å². The van der Waals surface area contributed by atoms with Crippen LogP contribution in [0, 0.1) is 0 Å². The summed E-state index contributed by atoms with van der Waals surface area (Å²) in [7, 11) is 1.62. The second-order valence-corrected chi connectivity index (χ2v) is 6.65. The van der Waals surface area contributed by atoms with Gasteiger partial charge in [0.2, 0.25) is 0 Å². The van der Waals surface area contributed by atoms with Crippen LogP contribution < -0.4 is 5.32 Å². The number of aliphatic hydroxyl groups excluding tert-OH is 1. The number of ether oxygens (including phenoxy) is 1. The summed E-state index contributed by atoms with van der Waals surface area (Å²) in [5, 5.41) is 13.0. The van der Waals surface area contributed by atoms with Gasteiger partial charge in [0.1, 0.15) is 5.60 Å². The zero-order chi connectivity index (χ0) is 14.6. The quantitative estimate of drug-likeness (QED) is 0.806. The molecular formula is C13H28N2O3. The Morgan fingerprint density at radius 2 is 1.78 bits per heavy atom. The van der Waals surface area contributed by atoms with Crippen molar-refractivity contribution in [3.8, 4) is 0 Å². The molecule has 0 aromatic heterocycles. The van der Waals surface area contributed by atoms with Crippen molar-refractivity contribution in [1.82, 2.24) is 10.2 Å². The molecule has 0 radical (unpaired) electrons. The van der Waals surface area contributed by atoms with Crippen LogP contribution in [-0.4, -0.2) is 53.5 Å². The van der Waals surface area contributed by atoms with Crippen molar-refractivity contribution in [2.75, 3.05) is 20.1 Å². The fourth-order valence-electron chi connectivity index (χ4n) is 1.22. The van der Waals surface area contributed by atoms with E-state index in [0.717, 1.165) is 0 Å². The summed E-state index contributed by atoms with van der Waals surface area (Å²) < 4.78 is 5.20. The maximum absolute atomic E-state index is 11.7. The Labute approximate surface area is 110 Å². The lowest BCUT2D eigenvalue weighted by molar-refractivity contribution is 0.0203. The molecule has 0 aliphatic carbocycles. The average Bonchev–Trinajstić information content (AvgIpc) is 2.10. The van der Waals surface area contributed by atoms with Gasteiger partial charge in [-0.1, -0.05) is 0 Å². The Balaban J connectivity index is 4.07. The molecule has 0 spiro atoms. The number of nitrogens with zero attached hydrogens (tertiary/aromatic N) is 1. The summed E-state index contributed by atoms with van der Waals surface area (Å²) in [5.41, 5.74) is -0.564. The smallest absolute Gasteiger partial charge is 0.410 e. The molecule has 5 heteroatoms. The molecule has 1 amide bonds. The van der Waals surface area contributed by atoms with Crippen LogP contribution in [0.2, 0.25) is 0 Å². The van der Waals surface area contributed by atoms with Crippen LogP contribution in [0.1, 0.15) is 41.5 Å².